The number of carbonyl (C=O) groups excluding carboxylic acids is 1. The number of piperidine rings is 2. The van der Waals surface area contributed by atoms with Gasteiger partial charge in [0.15, 0.2) is 0 Å². The molecule has 0 saturated carbocycles. The second-order valence-electron chi connectivity index (χ2n) is 9.08. The smallest absolute Gasteiger partial charge is 0.409 e. The van der Waals surface area contributed by atoms with Crippen molar-refractivity contribution in [3.05, 3.63) is 35.6 Å². The van der Waals surface area contributed by atoms with Crippen molar-refractivity contribution in [2.45, 2.75) is 51.6 Å². The van der Waals surface area contributed by atoms with E-state index in [4.69, 9.17) is 4.74 Å². The number of ether oxygens (including phenoxy) is 1. The van der Waals surface area contributed by atoms with Gasteiger partial charge in [0.2, 0.25) is 0 Å². The highest BCUT2D eigenvalue weighted by molar-refractivity contribution is 5.67. The highest BCUT2D eigenvalue weighted by Crippen LogP contribution is 2.41. The Morgan fingerprint density at radius 3 is 2.59 bits per heavy atom. The summed E-state index contributed by atoms with van der Waals surface area (Å²) in [5.41, 5.74) is 1.60. The molecule has 6 heteroatoms. The van der Waals surface area contributed by atoms with Crippen LogP contribution >= 0.6 is 0 Å². The first-order valence-corrected chi connectivity index (χ1v) is 11.2. The Morgan fingerprint density at radius 1 is 1.10 bits per heavy atom. The van der Waals surface area contributed by atoms with Crippen LogP contribution in [0.3, 0.4) is 0 Å². The third-order valence-corrected chi connectivity index (χ3v) is 7.03. The molecule has 3 saturated heterocycles. The van der Waals surface area contributed by atoms with Gasteiger partial charge >= 0.3 is 6.09 Å². The van der Waals surface area contributed by atoms with Crippen LogP contribution in [0.2, 0.25) is 0 Å². The minimum atomic E-state index is -0.163. The molecule has 3 aliphatic rings. The van der Waals surface area contributed by atoms with Crippen molar-refractivity contribution in [1.82, 2.24) is 14.7 Å². The molecule has 0 radical (unpaired) electrons. The lowest BCUT2D eigenvalue weighted by Gasteiger charge is -2.42. The standard InChI is InChI=1S/C23H34FN3O2/c1-2-29-22(28)26-13-8-21(9-14-26)27-15-11-23(18-27)10-3-12-25(17-23)16-19-4-6-20(24)7-5-19/h4-7,21H,2-3,8-18H2,1H3. The third-order valence-electron chi connectivity index (χ3n) is 7.03. The van der Waals surface area contributed by atoms with Crippen LogP contribution in [0.15, 0.2) is 24.3 Å². The van der Waals surface area contributed by atoms with E-state index in [1.165, 1.54) is 37.9 Å². The van der Waals surface area contributed by atoms with Gasteiger partial charge in [-0.15, -0.1) is 0 Å². The molecule has 1 spiro atoms. The van der Waals surface area contributed by atoms with E-state index in [-0.39, 0.29) is 11.9 Å². The summed E-state index contributed by atoms with van der Waals surface area (Å²) in [6.07, 6.45) is 5.77. The molecule has 1 atom stereocenters. The highest BCUT2D eigenvalue weighted by atomic mass is 19.1. The molecule has 0 aliphatic carbocycles. The van der Waals surface area contributed by atoms with Gasteiger partial charge in [0.25, 0.3) is 0 Å². The van der Waals surface area contributed by atoms with E-state index in [1.54, 1.807) is 12.1 Å². The van der Waals surface area contributed by atoms with E-state index < -0.39 is 0 Å². The first-order chi connectivity index (χ1) is 14.1. The Balaban J connectivity index is 1.29. The average molecular weight is 404 g/mol. The molecule has 0 N–H and O–H groups in total. The van der Waals surface area contributed by atoms with Crippen LogP contribution in [0.5, 0.6) is 0 Å². The largest absolute Gasteiger partial charge is 0.450 e. The van der Waals surface area contributed by atoms with Gasteiger partial charge in [-0.25, -0.2) is 9.18 Å². The second kappa shape index (κ2) is 9.00. The van der Waals surface area contributed by atoms with Crippen molar-refractivity contribution >= 4 is 6.09 Å². The number of nitrogens with zero attached hydrogens (tertiary/aromatic N) is 3. The first kappa shape index (κ1) is 20.6. The average Bonchev–Trinajstić information content (AvgIpc) is 3.13. The molecule has 4 rings (SSSR count). The number of halogens is 1. The van der Waals surface area contributed by atoms with Crippen LogP contribution in [0, 0.1) is 11.2 Å². The fraction of sp³-hybridized carbons (Fsp3) is 0.696. The maximum Gasteiger partial charge on any atom is 0.409 e. The van der Waals surface area contributed by atoms with Crippen LogP contribution in [0.25, 0.3) is 0 Å². The number of amides is 1. The predicted octanol–water partition coefficient (Wildman–Crippen LogP) is 3.73. The summed E-state index contributed by atoms with van der Waals surface area (Å²) < 4.78 is 18.3. The predicted molar refractivity (Wildman–Crippen MR) is 111 cm³/mol. The van der Waals surface area contributed by atoms with E-state index in [0.717, 1.165) is 45.6 Å². The van der Waals surface area contributed by atoms with Crippen LogP contribution in [-0.4, -0.2) is 72.7 Å². The van der Waals surface area contributed by atoms with Crippen LogP contribution in [0.4, 0.5) is 9.18 Å². The molecule has 1 aromatic carbocycles. The van der Waals surface area contributed by atoms with Crippen LogP contribution < -0.4 is 0 Å². The summed E-state index contributed by atoms with van der Waals surface area (Å²) in [6, 6.07) is 7.54. The molecular formula is C23H34FN3O2. The molecule has 1 aromatic rings. The molecule has 5 nitrogen and oxygen atoms in total. The second-order valence-corrected chi connectivity index (χ2v) is 9.08. The van der Waals surface area contributed by atoms with Gasteiger partial charge in [0.1, 0.15) is 5.82 Å². The summed E-state index contributed by atoms with van der Waals surface area (Å²) in [6.45, 7) is 9.47. The molecule has 3 heterocycles. The van der Waals surface area contributed by atoms with Crippen molar-refractivity contribution in [3.63, 3.8) is 0 Å². The van der Waals surface area contributed by atoms with Crippen LogP contribution in [0.1, 0.15) is 44.6 Å². The van der Waals surface area contributed by atoms with Crippen molar-refractivity contribution in [1.29, 1.82) is 0 Å². The van der Waals surface area contributed by atoms with Gasteiger partial charge in [0.05, 0.1) is 6.61 Å². The molecule has 0 bridgehead atoms. The van der Waals surface area contributed by atoms with E-state index in [9.17, 15) is 9.18 Å². The summed E-state index contributed by atoms with van der Waals surface area (Å²) in [5, 5.41) is 0. The van der Waals surface area contributed by atoms with Crippen molar-refractivity contribution in [2.24, 2.45) is 5.41 Å². The normalized spacial score (nSPS) is 26.9. The molecular weight excluding hydrogens is 369 g/mol. The monoisotopic (exact) mass is 403 g/mol. The summed E-state index contributed by atoms with van der Waals surface area (Å²) in [5.74, 6) is -0.163. The SMILES string of the molecule is CCOC(=O)N1CCC(N2CCC3(CCCN(Cc4ccc(F)cc4)C3)C2)CC1. The minimum Gasteiger partial charge on any atom is -0.450 e. The van der Waals surface area contributed by atoms with Gasteiger partial charge in [-0.05, 0) is 75.2 Å². The van der Waals surface area contributed by atoms with E-state index in [1.807, 2.05) is 24.0 Å². The van der Waals surface area contributed by atoms with E-state index >= 15 is 0 Å². The van der Waals surface area contributed by atoms with Gasteiger partial charge in [-0.2, -0.15) is 0 Å². The fourth-order valence-electron chi connectivity index (χ4n) is 5.54. The highest BCUT2D eigenvalue weighted by Gasteiger charge is 2.43. The first-order valence-electron chi connectivity index (χ1n) is 11.2. The Kier molecular flexibility index (Phi) is 6.40. The molecule has 0 aromatic heterocycles. The molecule has 29 heavy (non-hydrogen) atoms. The zero-order valence-corrected chi connectivity index (χ0v) is 17.6. The fourth-order valence-corrected chi connectivity index (χ4v) is 5.54. The maximum atomic E-state index is 13.2. The van der Waals surface area contributed by atoms with E-state index in [0.29, 0.717) is 18.1 Å². The number of likely N-dealkylation sites (tertiary alicyclic amines) is 3. The zero-order chi connectivity index (χ0) is 20.3. The molecule has 1 amide bonds. The lowest BCUT2D eigenvalue weighted by atomic mass is 9.79. The van der Waals surface area contributed by atoms with Gasteiger partial charge in [0, 0.05) is 38.8 Å². The Morgan fingerprint density at radius 2 is 1.86 bits per heavy atom. The van der Waals surface area contributed by atoms with Crippen molar-refractivity contribution < 1.29 is 13.9 Å². The molecule has 160 valence electrons. The number of benzene rings is 1. The lowest BCUT2D eigenvalue weighted by Crippen LogP contribution is -2.48. The Hall–Kier alpha value is -1.66. The van der Waals surface area contributed by atoms with Gasteiger partial charge in [-0.1, -0.05) is 12.1 Å². The maximum absolute atomic E-state index is 13.2. The quantitative estimate of drug-likeness (QED) is 0.767. The zero-order valence-electron chi connectivity index (χ0n) is 17.6. The number of rotatable bonds is 4. The molecule has 1 unspecified atom stereocenters. The third kappa shape index (κ3) is 4.92. The van der Waals surface area contributed by atoms with Crippen molar-refractivity contribution in [3.8, 4) is 0 Å². The Bertz CT molecular complexity index is 690. The summed E-state index contributed by atoms with van der Waals surface area (Å²) in [7, 11) is 0. The van der Waals surface area contributed by atoms with Crippen molar-refractivity contribution in [2.75, 3.05) is 45.9 Å². The Labute approximate surface area is 173 Å². The topological polar surface area (TPSA) is 36.0 Å². The van der Waals surface area contributed by atoms with Gasteiger partial charge < -0.3 is 9.64 Å². The van der Waals surface area contributed by atoms with Crippen LogP contribution in [-0.2, 0) is 11.3 Å². The molecule has 3 fully saturated rings. The summed E-state index contributed by atoms with van der Waals surface area (Å²) in [4.78, 5) is 19.0. The van der Waals surface area contributed by atoms with Gasteiger partial charge in [-0.3, -0.25) is 9.80 Å². The summed E-state index contributed by atoms with van der Waals surface area (Å²) >= 11 is 0. The van der Waals surface area contributed by atoms with E-state index in [2.05, 4.69) is 9.80 Å². The number of hydrogen-bond acceptors (Lipinski definition) is 4. The molecule has 3 aliphatic heterocycles. The number of hydrogen-bond donors (Lipinski definition) is 0. The minimum absolute atomic E-state index is 0.160. The number of carbonyl (C=O) groups is 1. The lowest BCUT2D eigenvalue weighted by molar-refractivity contribution is 0.0621.